The largest absolute Gasteiger partial charge is 0.467 e. The molecular formula is C9H16N2O3S. The summed E-state index contributed by atoms with van der Waals surface area (Å²) in [5.41, 5.74) is 5.58. The quantitative estimate of drug-likeness (QED) is 0.504. The highest BCUT2D eigenvalue weighted by Crippen LogP contribution is 2.19. The summed E-state index contributed by atoms with van der Waals surface area (Å²) in [5, 5.41) is 0. The van der Waals surface area contributed by atoms with Gasteiger partial charge in [0.2, 0.25) is 5.91 Å². The Hall–Kier alpha value is -0.750. The zero-order chi connectivity index (χ0) is 11.4. The molecule has 1 saturated heterocycles. The first-order valence-corrected chi connectivity index (χ1v) is 5.49. The molecule has 0 aliphatic carbocycles. The Balaban J connectivity index is 2.68. The van der Waals surface area contributed by atoms with Crippen LogP contribution in [0.1, 0.15) is 12.8 Å². The lowest BCUT2D eigenvalue weighted by atomic mass is 10.2. The van der Waals surface area contributed by atoms with Gasteiger partial charge in [0.05, 0.1) is 13.2 Å². The minimum Gasteiger partial charge on any atom is -0.467 e. The number of nitrogens with zero attached hydrogens (tertiary/aromatic N) is 1. The van der Waals surface area contributed by atoms with Crippen LogP contribution in [0.5, 0.6) is 0 Å². The van der Waals surface area contributed by atoms with Crippen LogP contribution >= 0.6 is 12.6 Å². The molecule has 0 aromatic heterocycles. The van der Waals surface area contributed by atoms with E-state index in [0.29, 0.717) is 13.0 Å². The molecule has 1 aliphatic heterocycles. The number of likely N-dealkylation sites (tertiary alicyclic amines) is 1. The summed E-state index contributed by atoms with van der Waals surface area (Å²) in [7, 11) is 1.32. The Morgan fingerprint density at radius 2 is 2.33 bits per heavy atom. The molecule has 0 unspecified atom stereocenters. The topological polar surface area (TPSA) is 72.6 Å². The highest BCUT2D eigenvalue weighted by atomic mass is 32.1. The van der Waals surface area contributed by atoms with Crippen molar-refractivity contribution in [2.75, 3.05) is 19.4 Å². The standard InChI is InChI=1S/C9H16N2O3S/c1-14-9(13)7-3-2-4-11(7)8(12)6(10)5-15/h6-7,15H,2-5,10H2,1H3/t6-,7-/m0/s1. The third-order valence-corrected chi connectivity index (χ3v) is 2.92. The number of methoxy groups -OCH3 is 1. The average molecular weight is 232 g/mol. The number of thiol groups is 1. The molecule has 1 fully saturated rings. The molecule has 0 radical (unpaired) electrons. The molecule has 2 atom stereocenters. The lowest BCUT2D eigenvalue weighted by molar-refractivity contribution is -0.151. The summed E-state index contributed by atoms with van der Waals surface area (Å²) in [6, 6.07) is -1.10. The molecule has 1 aliphatic rings. The fraction of sp³-hybridized carbons (Fsp3) is 0.778. The van der Waals surface area contributed by atoms with E-state index in [-0.39, 0.29) is 17.6 Å². The van der Waals surface area contributed by atoms with E-state index in [4.69, 9.17) is 5.73 Å². The van der Waals surface area contributed by atoms with Crippen molar-refractivity contribution in [3.8, 4) is 0 Å². The van der Waals surface area contributed by atoms with Crippen LogP contribution in [0.15, 0.2) is 0 Å². The Labute approximate surface area is 94.3 Å². The molecule has 2 N–H and O–H groups in total. The minimum absolute atomic E-state index is 0.224. The van der Waals surface area contributed by atoms with Gasteiger partial charge in [-0.1, -0.05) is 0 Å². The summed E-state index contributed by atoms with van der Waals surface area (Å²) in [4.78, 5) is 24.6. The van der Waals surface area contributed by atoms with E-state index in [0.717, 1.165) is 6.42 Å². The summed E-state index contributed by atoms with van der Waals surface area (Å²) >= 11 is 3.96. The molecular weight excluding hydrogens is 216 g/mol. The molecule has 0 bridgehead atoms. The van der Waals surface area contributed by atoms with E-state index in [1.165, 1.54) is 12.0 Å². The lowest BCUT2D eigenvalue weighted by Crippen LogP contribution is -2.49. The first-order chi connectivity index (χ1) is 7.11. The molecule has 15 heavy (non-hydrogen) atoms. The fourth-order valence-corrected chi connectivity index (χ4v) is 1.86. The van der Waals surface area contributed by atoms with Gasteiger partial charge in [0.25, 0.3) is 0 Å². The number of nitrogens with two attached hydrogens (primary N) is 1. The lowest BCUT2D eigenvalue weighted by Gasteiger charge is -2.24. The minimum atomic E-state index is -0.640. The average Bonchev–Trinajstić information content (AvgIpc) is 2.74. The van der Waals surface area contributed by atoms with Gasteiger partial charge in [0.1, 0.15) is 6.04 Å². The van der Waals surface area contributed by atoms with Crippen LogP contribution < -0.4 is 5.73 Å². The smallest absolute Gasteiger partial charge is 0.328 e. The second kappa shape index (κ2) is 5.37. The fourth-order valence-electron chi connectivity index (χ4n) is 1.70. The van der Waals surface area contributed by atoms with Crippen molar-refractivity contribution in [2.24, 2.45) is 5.73 Å². The zero-order valence-electron chi connectivity index (χ0n) is 8.68. The van der Waals surface area contributed by atoms with Gasteiger partial charge >= 0.3 is 5.97 Å². The normalized spacial score (nSPS) is 22.6. The van der Waals surface area contributed by atoms with E-state index in [1.54, 1.807) is 0 Å². The van der Waals surface area contributed by atoms with Gasteiger partial charge < -0.3 is 15.4 Å². The number of carbonyl (C=O) groups excluding carboxylic acids is 2. The number of carbonyl (C=O) groups is 2. The van der Waals surface area contributed by atoms with Crippen molar-refractivity contribution in [3.05, 3.63) is 0 Å². The zero-order valence-corrected chi connectivity index (χ0v) is 9.57. The van der Waals surface area contributed by atoms with Gasteiger partial charge in [0.15, 0.2) is 0 Å². The second-order valence-electron chi connectivity index (χ2n) is 3.50. The van der Waals surface area contributed by atoms with Crippen molar-refractivity contribution < 1.29 is 14.3 Å². The van der Waals surface area contributed by atoms with Crippen LogP contribution in [0.25, 0.3) is 0 Å². The first-order valence-electron chi connectivity index (χ1n) is 4.86. The van der Waals surface area contributed by atoms with E-state index >= 15 is 0 Å². The van der Waals surface area contributed by atoms with Gasteiger partial charge in [-0.25, -0.2) is 4.79 Å². The van der Waals surface area contributed by atoms with Crippen molar-refractivity contribution >= 4 is 24.5 Å². The highest BCUT2D eigenvalue weighted by molar-refractivity contribution is 7.80. The summed E-state index contributed by atoms with van der Waals surface area (Å²) in [6.07, 6.45) is 1.46. The highest BCUT2D eigenvalue weighted by Gasteiger charge is 2.36. The Morgan fingerprint density at radius 1 is 1.67 bits per heavy atom. The molecule has 1 rings (SSSR count). The molecule has 0 saturated carbocycles. The van der Waals surface area contributed by atoms with Crippen LogP contribution in [0.3, 0.4) is 0 Å². The number of amides is 1. The van der Waals surface area contributed by atoms with Crippen molar-refractivity contribution in [2.45, 2.75) is 24.9 Å². The van der Waals surface area contributed by atoms with Crippen LogP contribution in [0.4, 0.5) is 0 Å². The maximum absolute atomic E-state index is 11.8. The molecule has 86 valence electrons. The van der Waals surface area contributed by atoms with E-state index in [2.05, 4.69) is 17.4 Å². The SMILES string of the molecule is COC(=O)[C@@H]1CCCN1C(=O)[C@@H](N)CS. The maximum Gasteiger partial charge on any atom is 0.328 e. The van der Waals surface area contributed by atoms with Gasteiger partial charge in [-0.2, -0.15) is 12.6 Å². The molecule has 0 aromatic carbocycles. The number of esters is 1. The van der Waals surface area contributed by atoms with E-state index < -0.39 is 12.1 Å². The molecule has 0 spiro atoms. The van der Waals surface area contributed by atoms with Gasteiger partial charge in [-0.05, 0) is 12.8 Å². The van der Waals surface area contributed by atoms with Crippen LogP contribution in [-0.2, 0) is 14.3 Å². The summed E-state index contributed by atoms with van der Waals surface area (Å²) in [5.74, 6) is -0.312. The Kier molecular flexibility index (Phi) is 4.41. The third kappa shape index (κ3) is 2.63. The summed E-state index contributed by atoms with van der Waals surface area (Å²) < 4.78 is 4.64. The third-order valence-electron chi connectivity index (χ3n) is 2.52. The van der Waals surface area contributed by atoms with Gasteiger partial charge in [-0.3, -0.25) is 4.79 Å². The second-order valence-corrected chi connectivity index (χ2v) is 3.87. The predicted molar refractivity (Wildman–Crippen MR) is 58.6 cm³/mol. The van der Waals surface area contributed by atoms with E-state index in [9.17, 15) is 9.59 Å². The molecule has 0 aromatic rings. The van der Waals surface area contributed by atoms with Crippen LogP contribution in [0.2, 0.25) is 0 Å². The number of rotatable bonds is 3. The number of ether oxygens (including phenoxy) is 1. The van der Waals surface area contributed by atoms with Crippen LogP contribution in [0, 0.1) is 0 Å². The monoisotopic (exact) mass is 232 g/mol. The molecule has 6 heteroatoms. The Bertz CT molecular complexity index is 260. The predicted octanol–water partition coefficient (Wildman–Crippen LogP) is -0.592. The first kappa shape index (κ1) is 12.3. The number of hydrogen-bond acceptors (Lipinski definition) is 5. The molecule has 1 heterocycles. The Morgan fingerprint density at radius 3 is 2.87 bits per heavy atom. The van der Waals surface area contributed by atoms with Crippen molar-refractivity contribution in [3.63, 3.8) is 0 Å². The van der Waals surface area contributed by atoms with Crippen molar-refractivity contribution in [1.29, 1.82) is 0 Å². The van der Waals surface area contributed by atoms with Crippen molar-refractivity contribution in [1.82, 2.24) is 4.90 Å². The molecule has 1 amide bonds. The maximum atomic E-state index is 11.8. The van der Waals surface area contributed by atoms with Gasteiger partial charge in [-0.15, -0.1) is 0 Å². The number of hydrogen-bond donors (Lipinski definition) is 2. The summed E-state index contributed by atoms with van der Waals surface area (Å²) in [6.45, 7) is 0.570. The van der Waals surface area contributed by atoms with E-state index in [1.807, 2.05) is 0 Å². The van der Waals surface area contributed by atoms with Crippen LogP contribution in [-0.4, -0.2) is 48.3 Å². The molecule has 5 nitrogen and oxygen atoms in total. The van der Waals surface area contributed by atoms with Gasteiger partial charge in [0, 0.05) is 12.3 Å².